The topological polar surface area (TPSA) is 36.7 Å². The Morgan fingerprint density at radius 1 is 1.57 bits per heavy atom. The number of halogens is 1. The highest BCUT2D eigenvalue weighted by Gasteiger charge is 2.10. The van der Waals surface area contributed by atoms with Crippen molar-refractivity contribution in [3.05, 3.63) is 29.8 Å². The third-order valence-electron chi connectivity index (χ3n) is 2.11. The van der Waals surface area contributed by atoms with E-state index in [1.807, 2.05) is 0 Å². The third kappa shape index (κ3) is 2.81. The Labute approximate surface area is 83.4 Å². The monoisotopic (exact) mass is 192 g/mol. The molecular weight excluding hydrogens is 179 g/mol. The van der Waals surface area contributed by atoms with Crippen LogP contribution >= 0.6 is 0 Å². The van der Waals surface area contributed by atoms with Crippen molar-refractivity contribution < 1.29 is 4.39 Å². The molecule has 3 heteroatoms. The minimum absolute atomic E-state index is 0.199. The van der Waals surface area contributed by atoms with Gasteiger partial charge >= 0.3 is 0 Å². The maximum atomic E-state index is 12.6. The summed E-state index contributed by atoms with van der Waals surface area (Å²) in [4.78, 5) is 3.90. The van der Waals surface area contributed by atoms with Gasteiger partial charge in [-0.3, -0.25) is 4.98 Å². The number of nitriles is 1. The van der Waals surface area contributed by atoms with Crippen LogP contribution in [0.1, 0.15) is 37.8 Å². The van der Waals surface area contributed by atoms with Crippen LogP contribution < -0.4 is 0 Å². The van der Waals surface area contributed by atoms with Gasteiger partial charge in [-0.2, -0.15) is 5.26 Å². The van der Waals surface area contributed by atoms with Crippen LogP contribution in [0.5, 0.6) is 0 Å². The summed E-state index contributed by atoms with van der Waals surface area (Å²) in [6.07, 6.45) is 4.01. The average Bonchev–Trinajstić information content (AvgIpc) is 2.21. The molecule has 2 nitrogen and oxygen atoms in total. The van der Waals surface area contributed by atoms with Gasteiger partial charge in [0.15, 0.2) is 0 Å². The molecule has 0 N–H and O–H groups in total. The second-order valence-electron chi connectivity index (χ2n) is 3.23. The number of nitrogens with zero attached hydrogens (tertiary/aromatic N) is 2. The Morgan fingerprint density at radius 3 is 2.86 bits per heavy atom. The maximum Gasteiger partial charge on any atom is 0.141 e. The highest BCUT2D eigenvalue weighted by Crippen LogP contribution is 2.19. The highest BCUT2D eigenvalue weighted by molar-refractivity contribution is 5.16. The molecule has 14 heavy (non-hydrogen) atoms. The molecular formula is C11H13FN2. The van der Waals surface area contributed by atoms with E-state index < -0.39 is 0 Å². The van der Waals surface area contributed by atoms with Crippen molar-refractivity contribution in [1.82, 2.24) is 4.98 Å². The van der Waals surface area contributed by atoms with E-state index in [4.69, 9.17) is 5.26 Å². The van der Waals surface area contributed by atoms with E-state index in [9.17, 15) is 4.39 Å². The summed E-state index contributed by atoms with van der Waals surface area (Å²) in [7, 11) is 0. The van der Waals surface area contributed by atoms with E-state index in [-0.39, 0.29) is 11.7 Å². The summed E-state index contributed by atoms with van der Waals surface area (Å²) in [6.45, 7) is 2.08. The first-order valence-electron chi connectivity index (χ1n) is 4.79. The number of aromatic nitrogens is 1. The molecule has 0 amide bonds. The molecule has 1 atom stereocenters. The highest BCUT2D eigenvalue weighted by atomic mass is 19.1. The van der Waals surface area contributed by atoms with Gasteiger partial charge < -0.3 is 0 Å². The lowest BCUT2D eigenvalue weighted by Gasteiger charge is -2.06. The van der Waals surface area contributed by atoms with Crippen LogP contribution in [0.3, 0.4) is 0 Å². The zero-order valence-corrected chi connectivity index (χ0v) is 8.20. The van der Waals surface area contributed by atoms with Crippen molar-refractivity contribution in [2.75, 3.05) is 0 Å². The van der Waals surface area contributed by atoms with Gasteiger partial charge in [-0.15, -0.1) is 0 Å². The largest absolute Gasteiger partial charge is 0.257 e. The predicted molar refractivity (Wildman–Crippen MR) is 52.1 cm³/mol. The average molecular weight is 192 g/mol. The molecule has 0 saturated carbocycles. The molecule has 1 unspecified atom stereocenters. The van der Waals surface area contributed by atoms with Crippen molar-refractivity contribution in [2.24, 2.45) is 0 Å². The van der Waals surface area contributed by atoms with Gasteiger partial charge in [0, 0.05) is 0 Å². The van der Waals surface area contributed by atoms with Gasteiger partial charge in [-0.05, 0) is 18.6 Å². The van der Waals surface area contributed by atoms with E-state index in [1.165, 1.54) is 6.07 Å². The predicted octanol–water partition coefficient (Wildman–Crippen LogP) is 3.02. The van der Waals surface area contributed by atoms with Gasteiger partial charge in [0.05, 0.1) is 23.9 Å². The molecule has 0 bridgehead atoms. The summed E-state index contributed by atoms with van der Waals surface area (Å²) < 4.78 is 12.6. The summed E-state index contributed by atoms with van der Waals surface area (Å²) >= 11 is 0. The molecule has 1 rings (SSSR count). The lowest BCUT2D eigenvalue weighted by atomic mass is 10.00. The molecule has 0 radical (unpaired) electrons. The summed E-state index contributed by atoms with van der Waals surface area (Å²) in [5.74, 6) is -0.559. The molecule has 0 spiro atoms. The van der Waals surface area contributed by atoms with Gasteiger partial charge in [0.1, 0.15) is 5.82 Å². The molecule has 0 aliphatic heterocycles. The molecule has 0 fully saturated rings. The van der Waals surface area contributed by atoms with Crippen LogP contribution in [0.15, 0.2) is 18.3 Å². The van der Waals surface area contributed by atoms with Crippen LogP contribution in [0.2, 0.25) is 0 Å². The molecule has 0 aliphatic rings. The van der Waals surface area contributed by atoms with Crippen molar-refractivity contribution in [3.8, 4) is 6.07 Å². The molecule has 1 aromatic rings. The Kier molecular flexibility index (Phi) is 4.06. The number of unbranched alkanes of at least 4 members (excludes halogenated alkanes) is 1. The Bertz CT molecular complexity index is 313. The first-order valence-corrected chi connectivity index (χ1v) is 4.79. The Hall–Kier alpha value is -1.43. The van der Waals surface area contributed by atoms with E-state index in [2.05, 4.69) is 18.0 Å². The molecule has 0 saturated heterocycles. The van der Waals surface area contributed by atoms with Crippen molar-refractivity contribution in [3.63, 3.8) is 0 Å². The van der Waals surface area contributed by atoms with Gasteiger partial charge in [0.25, 0.3) is 0 Å². The first-order chi connectivity index (χ1) is 6.77. The first kappa shape index (κ1) is 10.6. The normalized spacial score (nSPS) is 12.1. The van der Waals surface area contributed by atoms with Gasteiger partial charge in [-0.25, -0.2) is 4.39 Å². The van der Waals surface area contributed by atoms with Crippen LogP contribution in [0, 0.1) is 17.1 Å². The van der Waals surface area contributed by atoms with E-state index in [1.54, 1.807) is 6.07 Å². The van der Waals surface area contributed by atoms with Gasteiger partial charge in [0.2, 0.25) is 0 Å². The minimum atomic E-state index is -0.360. The summed E-state index contributed by atoms with van der Waals surface area (Å²) in [5.41, 5.74) is 0.669. The van der Waals surface area contributed by atoms with Crippen molar-refractivity contribution >= 4 is 0 Å². The fourth-order valence-corrected chi connectivity index (χ4v) is 1.28. The van der Waals surface area contributed by atoms with Crippen LogP contribution in [0.25, 0.3) is 0 Å². The van der Waals surface area contributed by atoms with Crippen molar-refractivity contribution in [2.45, 2.75) is 32.1 Å². The second kappa shape index (κ2) is 5.33. The number of hydrogen-bond acceptors (Lipinski definition) is 2. The second-order valence-corrected chi connectivity index (χ2v) is 3.23. The lowest BCUT2D eigenvalue weighted by Crippen LogP contribution is -1.99. The summed E-state index contributed by atoms with van der Waals surface area (Å²) in [5, 5.41) is 8.89. The number of hydrogen-bond donors (Lipinski definition) is 0. The fraction of sp³-hybridized carbons (Fsp3) is 0.455. The zero-order valence-electron chi connectivity index (χ0n) is 8.20. The Morgan fingerprint density at radius 2 is 2.36 bits per heavy atom. The van der Waals surface area contributed by atoms with Gasteiger partial charge in [-0.1, -0.05) is 19.8 Å². The van der Waals surface area contributed by atoms with Crippen LogP contribution in [0.4, 0.5) is 4.39 Å². The van der Waals surface area contributed by atoms with E-state index in [0.717, 1.165) is 25.5 Å². The molecule has 1 aromatic heterocycles. The quantitative estimate of drug-likeness (QED) is 0.735. The summed E-state index contributed by atoms with van der Waals surface area (Å²) in [6, 6.07) is 5.12. The lowest BCUT2D eigenvalue weighted by molar-refractivity contribution is 0.611. The smallest absolute Gasteiger partial charge is 0.141 e. The standard InChI is InChI=1S/C11H13FN2/c1-2-3-4-9(7-13)11-6-5-10(12)8-14-11/h5-6,8-9H,2-4H2,1H3. The zero-order chi connectivity index (χ0) is 10.4. The third-order valence-corrected chi connectivity index (χ3v) is 2.11. The fourth-order valence-electron chi connectivity index (χ4n) is 1.28. The molecule has 0 aromatic carbocycles. The maximum absolute atomic E-state index is 12.6. The number of rotatable bonds is 4. The van der Waals surface area contributed by atoms with E-state index in [0.29, 0.717) is 5.69 Å². The number of pyridine rings is 1. The molecule has 0 aliphatic carbocycles. The van der Waals surface area contributed by atoms with Crippen LogP contribution in [-0.2, 0) is 0 Å². The van der Waals surface area contributed by atoms with Crippen molar-refractivity contribution in [1.29, 1.82) is 5.26 Å². The Balaban J connectivity index is 2.70. The minimum Gasteiger partial charge on any atom is -0.257 e. The SMILES string of the molecule is CCCCC(C#N)c1ccc(F)cn1. The van der Waals surface area contributed by atoms with Crippen LogP contribution in [-0.4, -0.2) is 4.98 Å². The molecule has 74 valence electrons. The molecule has 1 heterocycles. The van der Waals surface area contributed by atoms with E-state index >= 15 is 0 Å².